The Morgan fingerprint density at radius 1 is 1.32 bits per heavy atom. The van der Waals surface area contributed by atoms with E-state index in [2.05, 4.69) is 29.0 Å². The molecule has 0 aliphatic rings. The Balaban J connectivity index is 2.66. The number of carbonyl (C=O) groups is 1. The van der Waals surface area contributed by atoms with E-state index in [9.17, 15) is 9.90 Å². The zero-order valence-corrected chi connectivity index (χ0v) is 13.9. The highest BCUT2D eigenvalue weighted by Crippen LogP contribution is 2.12. The first-order valence-corrected chi connectivity index (χ1v) is 7.60. The lowest BCUT2D eigenvalue weighted by atomic mass is 10.0. The summed E-state index contributed by atoms with van der Waals surface area (Å²) in [6.07, 6.45) is 6.90. The lowest BCUT2D eigenvalue weighted by molar-refractivity contribution is -0.134. The van der Waals surface area contributed by atoms with Crippen molar-refractivity contribution in [3.05, 3.63) is 59.2 Å². The van der Waals surface area contributed by atoms with E-state index < -0.39 is 0 Å². The van der Waals surface area contributed by atoms with Crippen LogP contribution in [-0.2, 0) is 22.4 Å². The summed E-state index contributed by atoms with van der Waals surface area (Å²) in [5, 5.41) is 9.46. The predicted molar refractivity (Wildman–Crippen MR) is 89.6 cm³/mol. The smallest absolute Gasteiger partial charge is 0.330 e. The van der Waals surface area contributed by atoms with Crippen LogP contribution in [0.25, 0.3) is 0 Å². The number of ether oxygens (including phenoxy) is 1. The molecular weight excluding hydrogens is 276 g/mol. The highest BCUT2D eigenvalue weighted by molar-refractivity contribution is 5.82. The minimum absolute atomic E-state index is 0.161. The van der Waals surface area contributed by atoms with Crippen molar-refractivity contribution < 1.29 is 14.6 Å². The first kappa shape index (κ1) is 18.2. The van der Waals surface area contributed by atoms with Gasteiger partial charge in [0, 0.05) is 6.08 Å². The summed E-state index contributed by atoms with van der Waals surface area (Å²) in [4.78, 5) is 11.2. The summed E-state index contributed by atoms with van der Waals surface area (Å²) in [5.41, 5.74) is 3.37. The SMILES string of the molecule is COC(=O)/C=C(\C)Cc1cccc(C/C=C/[C@@H](C)[C@H](C)O)c1. The number of allylic oxidation sites excluding steroid dienone is 2. The van der Waals surface area contributed by atoms with Crippen LogP contribution in [0.15, 0.2) is 48.1 Å². The number of aliphatic hydroxyl groups excluding tert-OH is 1. The number of esters is 1. The maximum Gasteiger partial charge on any atom is 0.330 e. The molecule has 0 fully saturated rings. The molecule has 0 radical (unpaired) electrons. The molecule has 0 saturated carbocycles. The number of rotatable bonds is 7. The molecular formula is C19H26O3. The van der Waals surface area contributed by atoms with Crippen LogP contribution in [0, 0.1) is 5.92 Å². The summed E-state index contributed by atoms with van der Waals surface area (Å²) in [7, 11) is 1.38. The number of hydrogen-bond donors (Lipinski definition) is 1. The van der Waals surface area contributed by atoms with E-state index in [1.807, 2.05) is 26.0 Å². The number of benzene rings is 1. The van der Waals surface area contributed by atoms with Gasteiger partial charge in [0.05, 0.1) is 13.2 Å². The average molecular weight is 302 g/mol. The third-order valence-corrected chi connectivity index (χ3v) is 3.59. The zero-order valence-electron chi connectivity index (χ0n) is 13.9. The molecule has 0 heterocycles. The van der Waals surface area contributed by atoms with Gasteiger partial charge in [-0.1, -0.05) is 48.9 Å². The molecule has 1 aromatic rings. The van der Waals surface area contributed by atoms with Crippen molar-refractivity contribution in [3.8, 4) is 0 Å². The van der Waals surface area contributed by atoms with Gasteiger partial charge in [0.25, 0.3) is 0 Å². The Hall–Kier alpha value is -1.87. The van der Waals surface area contributed by atoms with Crippen molar-refractivity contribution in [2.45, 2.75) is 39.7 Å². The fraction of sp³-hybridized carbons (Fsp3) is 0.421. The van der Waals surface area contributed by atoms with E-state index in [4.69, 9.17) is 0 Å². The minimum Gasteiger partial charge on any atom is -0.466 e. The molecule has 1 aromatic carbocycles. The third-order valence-electron chi connectivity index (χ3n) is 3.59. The van der Waals surface area contributed by atoms with Gasteiger partial charge in [0.1, 0.15) is 0 Å². The fourth-order valence-electron chi connectivity index (χ4n) is 2.08. The van der Waals surface area contributed by atoms with Crippen LogP contribution in [0.1, 0.15) is 31.9 Å². The van der Waals surface area contributed by atoms with Gasteiger partial charge in [-0.05, 0) is 43.7 Å². The van der Waals surface area contributed by atoms with Crippen LogP contribution < -0.4 is 0 Å². The summed E-state index contributed by atoms with van der Waals surface area (Å²) >= 11 is 0. The first-order valence-electron chi connectivity index (χ1n) is 7.60. The van der Waals surface area contributed by atoms with Crippen LogP contribution in [0.5, 0.6) is 0 Å². The lowest BCUT2D eigenvalue weighted by Crippen LogP contribution is -2.09. The maximum absolute atomic E-state index is 11.2. The predicted octanol–water partition coefficient (Wildman–Crippen LogP) is 3.46. The zero-order chi connectivity index (χ0) is 16.5. The van der Waals surface area contributed by atoms with Gasteiger partial charge in [-0.15, -0.1) is 0 Å². The summed E-state index contributed by atoms with van der Waals surface area (Å²) < 4.78 is 4.63. The molecule has 120 valence electrons. The summed E-state index contributed by atoms with van der Waals surface area (Å²) in [5.74, 6) is -0.155. The van der Waals surface area contributed by atoms with E-state index in [0.717, 1.165) is 18.4 Å². The van der Waals surface area contributed by atoms with Gasteiger partial charge in [-0.25, -0.2) is 4.79 Å². The topological polar surface area (TPSA) is 46.5 Å². The number of methoxy groups -OCH3 is 1. The van der Waals surface area contributed by atoms with Crippen molar-refractivity contribution in [2.24, 2.45) is 5.92 Å². The highest BCUT2D eigenvalue weighted by atomic mass is 16.5. The number of hydrogen-bond acceptors (Lipinski definition) is 3. The molecule has 0 aliphatic carbocycles. The van der Waals surface area contributed by atoms with Gasteiger partial charge in [0.2, 0.25) is 0 Å². The van der Waals surface area contributed by atoms with Gasteiger partial charge >= 0.3 is 5.97 Å². The molecule has 0 saturated heterocycles. The van der Waals surface area contributed by atoms with Crippen LogP contribution in [0.2, 0.25) is 0 Å². The van der Waals surface area contributed by atoms with Gasteiger partial charge in [-0.3, -0.25) is 0 Å². The molecule has 3 heteroatoms. The van der Waals surface area contributed by atoms with Gasteiger partial charge in [-0.2, -0.15) is 0 Å². The normalized spacial score (nSPS) is 14.9. The molecule has 0 unspecified atom stereocenters. The standard InChI is InChI=1S/C19H26O3/c1-14(12-19(21)22-4)11-18-10-6-9-17(13-18)8-5-7-15(2)16(3)20/h5-7,9-10,12-13,15-16,20H,8,11H2,1-4H3/b7-5+,14-12+/t15-,16+/m1/s1. The summed E-state index contributed by atoms with van der Waals surface area (Å²) in [6, 6.07) is 8.31. The molecule has 22 heavy (non-hydrogen) atoms. The molecule has 0 spiro atoms. The van der Waals surface area contributed by atoms with Gasteiger partial charge < -0.3 is 9.84 Å². The third kappa shape index (κ3) is 6.72. The largest absolute Gasteiger partial charge is 0.466 e. The van der Waals surface area contributed by atoms with Crippen LogP contribution in [0.3, 0.4) is 0 Å². The Morgan fingerprint density at radius 2 is 2.00 bits per heavy atom. The maximum atomic E-state index is 11.2. The average Bonchev–Trinajstić information content (AvgIpc) is 2.47. The molecule has 3 nitrogen and oxygen atoms in total. The molecule has 0 aliphatic heterocycles. The molecule has 0 aromatic heterocycles. The van der Waals surface area contributed by atoms with Crippen molar-refractivity contribution >= 4 is 5.97 Å². The van der Waals surface area contributed by atoms with Crippen molar-refractivity contribution in [1.29, 1.82) is 0 Å². The van der Waals surface area contributed by atoms with Crippen molar-refractivity contribution in [1.82, 2.24) is 0 Å². The lowest BCUT2D eigenvalue weighted by Gasteiger charge is -2.09. The van der Waals surface area contributed by atoms with Crippen LogP contribution in [0.4, 0.5) is 0 Å². The molecule has 0 bridgehead atoms. The number of carbonyl (C=O) groups excluding carboxylic acids is 1. The van der Waals surface area contributed by atoms with Gasteiger partial charge in [0.15, 0.2) is 0 Å². The van der Waals surface area contributed by atoms with E-state index in [0.29, 0.717) is 0 Å². The second-order valence-electron chi connectivity index (χ2n) is 5.74. The van der Waals surface area contributed by atoms with Crippen LogP contribution >= 0.6 is 0 Å². The van der Waals surface area contributed by atoms with E-state index in [1.54, 1.807) is 6.92 Å². The Kier molecular flexibility index (Phi) is 7.61. The second-order valence-corrected chi connectivity index (χ2v) is 5.74. The Morgan fingerprint density at radius 3 is 2.64 bits per heavy atom. The quantitative estimate of drug-likeness (QED) is 0.476. The second kappa shape index (κ2) is 9.21. The Bertz CT molecular complexity index is 541. The monoisotopic (exact) mass is 302 g/mol. The van der Waals surface area contributed by atoms with E-state index >= 15 is 0 Å². The van der Waals surface area contributed by atoms with E-state index in [-0.39, 0.29) is 18.0 Å². The molecule has 1 N–H and O–H groups in total. The Labute approximate surface area is 133 Å². The molecule has 0 amide bonds. The molecule has 1 rings (SSSR count). The van der Waals surface area contributed by atoms with Crippen LogP contribution in [-0.4, -0.2) is 24.3 Å². The van der Waals surface area contributed by atoms with Crippen molar-refractivity contribution in [3.63, 3.8) is 0 Å². The molecule has 2 atom stereocenters. The minimum atomic E-state index is -0.325. The first-order chi connectivity index (χ1) is 10.4. The van der Waals surface area contributed by atoms with E-state index in [1.165, 1.54) is 24.3 Å². The number of aliphatic hydroxyl groups is 1. The summed E-state index contributed by atoms with van der Waals surface area (Å²) in [6.45, 7) is 5.72. The fourth-order valence-corrected chi connectivity index (χ4v) is 2.08. The van der Waals surface area contributed by atoms with Crippen molar-refractivity contribution in [2.75, 3.05) is 7.11 Å². The highest BCUT2D eigenvalue weighted by Gasteiger charge is 2.03.